The fourth-order valence-electron chi connectivity index (χ4n) is 2.03. The van der Waals surface area contributed by atoms with Crippen molar-refractivity contribution in [1.82, 2.24) is 9.88 Å². The van der Waals surface area contributed by atoms with Gasteiger partial charge in [0, 0.05) is 31.4 Å². The number of pyridine rings is 1. The van der Waals surface area contributed by atoms with Gasteiger partial charge in [-0.2, -0.15) is 0 Å². The van der Waals surface area contributed by atoms with E-state index in [4.69, 9.17) is 5.11 Å². The van der Waals surface area contributed by atoms with Crippen LogP contribution >= 0.6 is 0 Å². The highest BCUT2D eigenvalue weighted by molar-refractivity contribution is 5.94. The third kappa shape index (κ3) is 3.17. The van der Waals surface area contributed by atoms with Crippen LogP contribution in [0.25, 0.3) is 6.08 Å². The van der Waals surface area contributed by atoms with E-state index in [1.807, 2.05) is 0 Å². The monoisotopic (exact) mass is 262 g/mol. The molecule has 100 valence electrons. The lowest BCUT2D eigenvalue weighted by atomic mass is 10.2. The molecular formula is C13H14N2O4. The summed E-state index contributed by atoms with van der Waals surface area (Å²) >= 11 is 0. The summed E-state index contributed by atoms with van der Waals surface area (Å²) in [5.74, 6) is -1.52. The number of hydrogen-bond acceptors (Lipinski definition) is 4. The van der Waals surface area contributed by atoms with Crippen LogP contribution in [0.2, 0.25) is 0 Å². The van der Waals surface area contributed by atoms with Crippen molar-refractivity contribution in [2.75, 3.05) is 6.54 Å². The first-order valence-corrected chi connectivity index (χ1v) is 5.87. The van der Waals surface area contributed by atoms with Crippen LogP contribution in [0.4, 0.5) is 0 Å². The first-order chi connectivity index (χ1) is 9.08. The van der Waals surface area contributed by atoms with E-state index in [0.29, 0.717) is 0 Å². The molecule has 1 aliphatic rings. The second kappa shape index (κ2) is 5.62. The Kier molecular flexibility index (Phi) is 3.91. The first-order valence-electron chi connectivity index (χ1n) is 5.87. The van der Waals surface area contributed by atoms with E-state index in [9.17, 15) is 14.7 Å². The van der Waals surface area contributed by atoms with Crippen LogP contribution in [0, 0.1) is 0 Å². The number of aliphatic hydroxyl groups is 1. The summed E-state index contributed by atoms with van der Waals surface area (Å²) in [6.45, 7) is 0.0488. The van der Waals surface area contributed by atoms with E-state index in [2.05, 4.69) is 4.98 Å². The van der Waals surface area contributed by atoms with Gasteiger partial charge in [0.25, 0.3) is 0 Å². The fraction of sp³-hybridized carbons (Fsp3) is 0.308. The molecule has 2 heterocycles. The molecule has 1 aromatic rings. The Balaban J connectivity index is 2.07. The molecule has 1 amide bonds. The van der Waals surface area contributed by atoms with Gasteiger partial charge in [0.1, 0.15) is 6.04 Å². The van der Waals surface area contributed by atoms with Gasteiger partial charge >= 0.3 is 5.97 Å². The lowest BCUT2D eigenvalue weighted by Crippen LogP contribution is -2.39. The van der Waals surface area contributed by atoms with Crippen molar-refractivity contribution >= 4 is 18.0 Å². The van der Waals surface area contributed by atoms with Crippen LogP contribution in [-0.4, -0.2) is 50.7 Å². The summed E-state index contributed by atoms with van der Waals surface area (Å²) in [5.41, 5.74) is 0.752. The molecule has 1 saturated heterocycles. The van der Waals surface area contributed by atoms with Gasteiger partial charge in [0.15, 0.2) is 0 Å². The molecule has 1 fully saturated rings. The maximum Gasteiger partial charge on any atom is 0.326 e. The number of hydrogen-bond donors (Lipinski definition) is 2. The van der Waals surface area contributed by atoms with Gasteiger partial charge in [-0.15, -0.1) is 0 Å². The van der Waals surface area contributed by atoms with Crippen molar-refractivity contribution in [3.8, 4) is 0 Å². The molecule has 0 saturated carbocycles. The number of aromatic nitrogens is 1. The van der Waals surface area contributed by atoms with Gasteiger partial charge in [0.2, 0.25) is 5.91 Å². The standard InChI is InChI=1S/C13H14N2O4/c16-10-6-11(13(18)19)15(8-10)12(17)4-3-9-2-1-5-14-7-9/h1-5,7,10-11,16H,6,8H2,(H,18,19)/b4-3+/t10-,11-/m1/s1. The Labute approximate surface area is 110 Å². The number of rotatable bonds is 3. The van der Waals surface area contributed by atoms with Crippen LogP contribution < -0.4 is 0 Å². The molecule has 1 aromatic heterocycles. The largest absolute Gasteiger partial charge is 0.480 e. The Hall–Kier alpha value is -2.21. The maximum absolute atomic E-state index is 11.9. The maximum atomic E-state index is 11.9. The molecule has 0 aliphatic carbocycles. The predicted octanol–water partition coefficient (Wildman–Crippen LogP) is 0.141. The molecular weight excluding hydrogens is 248 g/mol. The molecule has 1 aliphatic heterocycles. The highest BCUT2D eigenvalue weighted by Crippen LogP contribution is 2.18. The first kappa shape index (κ1) is 13.2. The van der Waals surface area contributed by atoms with Crippen molar-refractivity contribution < 1.29 is 19.8 Å². The Morgan fingerprint density at radius 3 is 2.89 bits per heavy atom. The van der Waals surface area contributed by atoms with E-state index < -0.39 is 24.0 Å². The summed E-state index contributed by atoms with van der Waals surface area (Å²) < 4.78 is 0. The molecule has 0 aromatic carbocycles. The fourth-order valence-corrected chi connectivity index (χ4v) is 2.03. The Bertz CT molecular complexity index is 501. The molecule has 2 rings (SSSR count). The minimum Gasteiger partial charge on any atom is -0.480 e. The summed E-state index contributed by atoms with van der Waals surface area (Å²) in [7, 11) is 0. The number of carboxylic acid groups (broad SMARTS) is 1. The summed E-state index contributed by atoms with van der Waals surface area (Å²) in [6.07, 6.45) is 5.37. The van der Waals surface area contributed by atoms with E-state index >= 15 is 0 Å². The van der Waals surface area contributed by atoms with Crippen molar-refractivity contribution in [2.24, 2.45) is 0 Å². The number of aliphatic hydroxyl groups excluding tert-OH is 1. The van der Waals surface area contributed by atoms with Gasteiger partial charge < -0.3 is 15.1 Å². The number of carboxylic acids is 1. The number of amides is 1. The van der Waals surface area contributed by atoms with Gasteiger partial charge in [0.05, 0.1) is 6.10 Å². The molecule has 6 heteroatoms. The minimum atomic E-state index is -1.10. The smallest absolute Gasteiger partial charge is 0.326 e. The average molecular weight is 262 g/mol. The minimum absolute atomic E-state index is 0.0488. The number of carbonyl (C=O) groups is 2. The van der Waals surface area contributed by atoms with E-state index in [0.717, 1.165) is 5.56 Å². The van der Waals surface area contributed by atoms with E-state index in [1.54, 1.807) is 30.6 Å². The normalized spacial score (nSPS) is 22.9. The number of nitrogens with zero attached hydrogens (tertiary/aromatic N) is 2. The quantitative estimate of drug-likeness (QED) is 0.756. The van der Waals surface area contributed by atoms with Gasteiger partial charge in [-0.3, -0.25) is 9.78 Å². The predicted molar refractivity (Wildman–Crippen MR) is 67.0 cm³/mol. The molecule has 0 bridgehead atoms. The Morgan fingerprint density at radius 1 is 1.47 bits per heavy atom. The zero-order chi connectivity index (χ0) is 13.8. The zero-order valence-corrected chi connectivity index (χ0v) is 10.1. The summed E-state index contributed by atoms with van der Waals surface area (Å²) in [4.78, 5) is 28.0. The average Bonchev–Trinajstić information content (AvgIpc) is 2.79. The topological polar surface area (TPSA) is 90.7 Å². The Morgan fingerprint density at radius 2 is 2.26 bits per heavy atom. The molecule has 2 atom stereocenters. The van der Waals surface area contributed by atoms with Crippen LogP contribution in [0.5, 0.6) is 0 Å². The van der Waals surface area contributed by atoms with E-state index in [1.165, 1.54) is 11.0 Å². The second-order valence-electron chi connectivity index (χ2n) is 4.35. The van der Waals surface area contributed by atoms with Crippen LogP contribution in [-0.2, 0) is 9.59 Å². The van der Waals surface area contributed by atoms with Crippen molar-refractivity contribution in [3.63, 3.8) is 0 Å². The van der Waals surface area contributed by atoms with Crippen molar-refractivity contribution in [1.29, 1.82) is 0 Å². The number of β-amino-alcohol motifs (C(OH)–C–C–N with tert-alkyl or cyclic N) is 1. The number of likely N-dealkylation sites (tertiary alicyclic amines) is 1. The van der Waals surface area contributed by atoms with Crippen LogP contribution in [0.1, 0.15) is 12.0 Å². The molecule has 2 N–H and O–H groups in total. The summed E-state index contributed by atoms with van der Waals surface area (Å²) in [5, 5.41) is 18.5. The SMILES string of the molecule is O=C(O)[C@H]1C[C@@H](O)CN1C(=O)/C=C/c1cccnc1. The van der Waals surface area contributed by atoms with Gasteiger partial charge in [-0.25, -0.2) is 4.79 Å². The van der Waals surface area contributed by atoms with Gasteiger partial charge in [-0.05, 0) is 17.7 Å². The number of aliphatic carboxylic acids is 1. The molecule has 19 heavy (non-hydrogen) atoms. The molecule has 0 spiro atoms. The lowest BCUT2D eigenvalue weighted by molar-refractivity contribution is -0.146. The van der Waals surface area contributed by atoms with Crippen LogP contribution in [0.15, 0.2) is 30.6 Å². The summed E-state index contributed by atoms with van der Waals surface area (Å²) in [6, 6.07) is 2.56. The highest BCUT2D eigenvalue weighted by Gasteiger charge is 2.37. The third-order valence-corrected chi connectivity index (χ3v) is 2.95. The third-order valence-electron chi connectivity index (χ3n) is 2.95. The highest BCUT2D eigenvalue weighted by atomic mass is 16.4. The number of carbonyl (C=O) groups excluding carboxylic acids is 1. The molecule has 0 radical (unpaired) electrons. The molecule has 0 unspecified atom stereocenters. The zero-order valence-electron chi connectivity index (χ0n) is 10.1. The van der Waals surface area contributed by atoms with Crippen LogP contribution in [0.3, 0.4) is 0 Å². The molecule has 6 nitrogen and oxygen atoms in total. The van der Waals surface area contributed by atoms with Crippen molar-refractivity contribution in [3.05, 3.63) is 36.2 Å². The lowest BCUT2D eigenvalue weighted by Gasteiger charge is -2.19. The van der Waals surface area contributed by atoms with Crippen molar-refractivity contribution in [2.45, 2.75) is 18.6 Å². The van der Waals surface area contributed by atoms with Gasteiger partial charge in [-0.1, -0.05) is 6.07 Å². The second-order valence-corrected chi connectivity index (χ2v) is 4.35. The van der Waals surface area contributed by atoms with E-state index in [-0.39, 0.29) is 13.0 Å².